The predicted octanol–water partition coefficient (Wildman–Crippen LogP) is 0.943. The van der Waals surface area contributed by atoms with Crippen LogP contribution in [0.2, 0.25) is 0 Å². The number of aldehydes is 1. The molecular weight excluding hydrogens is 206 g/mol. The molecule has 0 aliphatic carbocycles. The SMILES string of the molecule is COc1ccc(CCNC(=O)CC=O)cc1. The number of carbonyl (C=O) groups excluding carboxylic acids is 2. The molecule has 0 saturated carbocycles. The fourth-order valence-corrected chi connectivity index (χ4v) is 1.29. The Balaban J connectivity index is 2.31. The van der Waals surface area contributed by atoms with E-state index in [1.165, 1.54) is 0 Å². The average molecular weight is 221 g/mol. The number of hydrogen-bond donors (Lipinski definition) is 1. The molecule has 0 spiro atoms. The first-order chi connectivity index (χ1) is 7.76. The van der Waals surface area contributed by atoms with E-state index in [-0.39, 0.29) is 12.3 Å². The summed E-state index contributed by atoms with van der Waals surface area (Å²) in [6, 6.07) is 7.65. The minimum atomic E-state index is -0.233. The number of methoxy groups -OCH3 is 1. The topological polar surface area (TPSA) is 55.4 Å². The summed E-state index contributed by atoms with van der Waals surface area (Å²) in [6.45, 7) is 0.541. The van der Waals surface area contributed by atoms with E-state index in [0.717, 1.165) is 17.7 Å². The van der Waals surface area contributed by atoms with Crippen molar-refractivity contribution < 1.29 is 14.3 Å². The molecule has 1 amide bonds. The molecule has 86 valence electrons. The second-order valence-electron chi connectivity index (χ2n) is 3.32. The van der Waals surface area contributed by atoms with Crippen molar-refractivity contribution in [3.05, 3.63) is 29.8 Å². The maximum atomic E-state index is 11.0. The highest BCUT2D eigenvalue weighted by atomic mass is 16.5. The Morgan fingerprint density at radius 3 is 2.62 bits per heavy atom. The molecule has 1 N–H and O–H groups in total. The summed E-state index contributed by atoms with van der Waals surface area (Å²) < 4.78 is 5.04. The van der Waals surface area contributed by atoms with Crippen LogP contribution in [0.3, 0.4) is 0 Å². The van der Waals surface area contributed by atoms with Gasteiger partial charge in [0, 0.05) is 6.54 Å². The van der Waals surface area contributed by atoms with E-state index in [9.17, 15) is 9.59 Å². The molecule has 16 heavy (non-hydrogen) atoms. The van der Waals surface area contributed by atoms with Crippen LogP contribution in [0.1, 0.15) is 12.0 Å². The normalized spacial score (nSPS) is 9.56. The van der Waals surface area contributed by atoms with Crippen LogP contribution < -0.4 is 10.1 Å². The minimum absolute atomic E-state index is 0.0669. The number of hydrogen-bond acceptors (Lipinski definition) is 3. The summed E-state index contributed by atoms with van der Waals surface area (Å²) in [4.78, 5) is 21.0. The molecule has 1 aromatic carbocycles. The molecule has 0 aromatic heterocycles. The van der Waals surface area contributed by atoms with Crippen molar-refractivity contribution in [2.75, 3.05) is 13.7 Å². The van der Waals surface area contributed by atoms with E-state index in [1.807, 2.05) is 24.3 Å². The van der Waals surface area contributed by atoms with Gasteiger partial charge in [-0.05, 0) is 24.1 Å². The quantitative estimate of drug-likeness (QED) is 0.574. The average Bonchev–Trinajstić information content (AvgIpc) is 2.30. The largest absolute Gasteiger partial charge is 0.497 e. The maximum Gasteiger partial charge on any atom is 0.227 e. The molecule has 0 atom stereocenters. The van der Waals surface area contributed by atoms with Crippen LogP contribution >= 0.6 is 0 Å². The Bertz CT molecular complexity index is 346. The van der Waals surface area contributed by atoms with Gasteiger partial charge < -0.3 is 14.8 Å². The van der Waals surface area contributed by atoms with E-state index < -0.39 is 0 Å². The highest BCUT2D eigenvalue weighted by Gasteiger charge is 1.99. The van der Waals surface area contributed by atoms with Crippen molar-refractivity contribution in [3.63, 3.8) is 0 Å². The van der Waals surface area contributed by atoms with Gasteiger partial charge in [-0.25, -0.2) is 0 Å². The smallest absolute Gasteiger partial charge is 0.227 e. The number of ether oxygens (including phenoxy) is 1. The van der Waals surface area contributed by atoms with Gasteiger partial charge >= 0.3 is 0 Å². The van der Waals surface area contributed by atoms with Crippen molar-refractivity contribution in [1.29, 1.82) is 0 Å². The van der Waals surface area contributed by atoms with E-state index in [2.05, 4.69) is 5.32 Å². The van der Waals surface area contributed by atoms with Crippen LogP contribution in [-0.2, 0) is 16.0 Å². The summed E-state index contributed by atoms with van der Waals surface area (Å²) >= 11 is 0. The van der Waals surface area contributed by atoms with Crippen molar-refractivity contribution in [2.45, 2.75) is 12.8 Å². The molecule has 4 heteroatoms. The maximum absolute atomic E-state index is 11.0. The number of amides is 1. The molecule has 0 heterocycles. The fraction of sp³-hybridized carbons (Fsp3) is 0.333. The standard InChI is InChI=1S/C12H15NO3/c1-16-11-4-2-10(3-5-11)6-8-13-12(15)7-9-14/h2-5,9H,6-8H2,1H3,(H,13,15). The Morgan fingerprint density at radius 1 is 1.38 bits per heavy atom. The van der Waals surface area contributed by atoms with E-state index in [0.29, 0.717) is 12.8 Å². The number of carbonyl (C=O) groups is 2. The lowest BCUT2D eigenvalue weighted by atomic mass is 10.1. The van der Waals surface area contributed by atoms with Gasteiger partial charge in [-0.2, -0.15) is 0 Å². The molecule has 0 aliphatic rings. The molecule has 0 aliphatic heterocycles. The summed E-state index contributed by atoms with van der Waals surface area (Å²) in [6.07, 6.45) is 1.28. The Morgan fingerprint density at radius 2 is 2.06 bits per heavy atom. The Hall–Kier alpha value is -1.84. The molecule has 0 radical (unpaired) electrons. The van der Waals surface area contributed by atoms with Gasteiger partial charge in [0.15, 0.2) is 0 Å². The van der Waals surface area contributed by atoms with Crippen LogP contribution in [-0.4, -0.2) is 25.8 Å². The van der Waals surface area contributed by atoms with Gasteiger partial charge in [-0.3, -0.25) is 4.79 Å². The summed E-state index contributed by atoms with van der Waals surface area (Å²) in [5, 5.41) is 2.66. The number of rotatable bonds is 6. The molecule has 0 bridgehead atoms. The predicted molar refractivity (Wildman–Crippen MR) is 60.4 cm³/mol. The third-order valence-corrected chi connectivity index (χ3v) is 2.16. The third-order valence-electron chi connectivity index (χ3n) is 2.16. The van der Waals surface area contributed by atoms with Gasteiger partial charge in [0.05, 0.1) is 13.5 Å². The lowest BCUT2D eigenvalue weighted by molar-refractivity contribution is -0.123. The molecule has 0 saturated heterocycles. The highest BCUT2D eigenvalue weighted by molar-refractivity contribution is 5.87. The van der Waals surface area contributed by atoms with Gasteiger partial charge in [0.1, 0.15) is 12.0 Å². The second kappa shape index (κ2) is 6.61. The lowest BCUT2D eigenvalue weighted by Gasteiger charge is -2.04. The molecule has 4 nitrogen and oxygen atoms in total. The van der Waals surface area contributed by atoms with Crippen LogP contribution in [0.15, 0.2) is 24.3 Å². The van der Waals surface area contributed by atoms with Crippen molar-refractivity contribution in [2.24, 2.45) is 0 Å². The van der Waals surface area contributed by atoms with Crippen molar-refractivity contribution in [1.82, 2.24) is 5.32 Å². The second-order valence-corrected chi connectivity index (χ2v) is 3.32. The molecule has 1 rings (SSSR count). The van der Waals surface area contributed by atoms with Crippen LogP contribution in [0.4, 0.5) is 0 Å². The Labute approximate surface area is 94.6 Å². The van der Waals surface area contributed by atoms with E-state index >= 15 is 0 Å². The van der Waals surface area contributed by atoms with Gasteiger partial charge in [0.25, 0.3) is 0 Å². The molecule has 0 fully saturated rings. The van der Waals surface area contributed by atoms with Gasteiger partial charge in [0.2, 0.25) is 5.91 Å². The lowest BCUT2D eigenvalue weighted by Crippen LogP contribution is -2.25. The zero-order chi connectivity index (χ0) is 11.8. The van der Waals surface area contributed by atoms with E-state index in [4.69, 9.17) is 4.74 Å². The summed E-state index contributed by atoms with van der Waals surface area (Å²) in [5.74, 6) is 0.581. The number of benzene rings is 1. The third kappa shape index (κ3) is 4.13. The highest BCUT2D eigenvalue weighted by Crippen LogP contribution is 2.11. The fourth-order valence-electron chi connectivity index (χ4n) is 1.29. The molecular formula is C12H15NO3. The van der Waals surface area contributed by atoms with Crippen LogP contribution in [0.5, 0.6) is 5.75 Å². The zero-order valence-electron chi connectivity index (χ0n) is 9.23. The van der Waals surface area contributed by atoms with Gasteiger partial charge in [-0.15, -0.1) is 0 Å². The monoisotopic (exact) mass is 221 g/mol. The minimum Gasteiger partial charge on any atom is -0.497 e. The first kappa shape index (κ1) is 12.2. The summed E-state index contributed by atoms with van der Waals surface area (Å²) in [7, 11) is 1.62. The van der Waals surface area contributed by atoms with Crippen molar-refractivity contribution in [3.8, 4) is 5.75 Å². The number of nitrogens with one attached hydrogen (secondary N) is 1. The molecule has 1 aromatic rings. The first-order valence-corrected chi connectivity index (χ1v) is 5.09. The van der Waals surface area contributed by atoms with Crippen LogP contribution in [0.25, 0.3) is 0 Å². The van der Waals surface area contributed by atoms with Crippen LogP contribution in [0, 0.1) is 0 Å². The first-order valence-electron chi connectivity index (χ1n) is 5.09. The zero-order valence-corrected chi connectivity index (χ0v) is 9.23. The Kier molecular flexibility index (Phi) is 5.05. The molecule has 0 unspecified atom stereocenters. The van der Waals surface area contributed by atoms with Crippen molar-refractivity contribution >= 4 is 12.2 Å². The van der Waals surface area contributed by atoms with Gasteiger partial charge in [-0.1, -0.05) is 12.1 Å². The summed E-state index contributed by atoms with van der Waals surface area (Å²) in [5.41, 5.74) is 1.12. The van der Waals surface area contributed by atoms with E-state index in [1.54, 1.807) is 7.11 Å².